The van der Waals surface area contributed by atoms with Crippen molar-refractivity contribution in [3.63, 3.8) is 0 Å². The van der Waals surface area contributed by atoms with Crippen molar-refractivity contribution in [3.8, 4) is 0 Å². The van der Waals surface area contributed by atoms with E-state index in [0.717, 1.165) is 17.7 Å². The van der Waals surface area contributed by atoms with E-state index in [1.165, 1.54) is 0 Å². The first-order valence-electron chi connectivity index (χ1n) is 5.33. The van der Waals surface area contributed by atoms with E-state index in [0.29, 0.717) is 6.54 Å². The van der Waals surface area contributed by atoms with E-state index in [4.69, 9.17) is 5.73 Å². The lowest BCUT2D eigenvalue weighted by molar-refractivity contribution is 0.0547. The minimum atomic E-state index is -0.550. The second kappa shape index (κ2) is 4.33. The highest BCUT2D eigenvalue weighted by molar-refractivity contribution is 5.21. The van der Waals surface area contributed by atoms with Crippen LogP contribution in [0.5, 0.6) is 0 Å². The molecule has 0 saturated carbocycles. The molecule has 0 amide bonds. The number of hydrogen-bond acceptors (Lipinski definition) is 3. The Labute approximate surface area is 91.1 Å². The minimum Gasteiger partial charge on any atom is -0.388 e. The van der Waals surface area contributed by atoms with Crippen LogP contribution < -0.4 is 5.73 Å². The number of nitrogens with two attached hydrogens (primary N) is 1. The molecule has 1 rings (SSSR count). The third kappa shape index (κ3) is 2.38. The average Bonchev–Trinajstić information content (AvgIpc) is 2.58. The molecule has 15 heavy (non-hydrogen) atoms. The van der Waals surface area contributed by atoms with Crippen molar-refractivity contribution in [2.75, 3.05) is 6.54 Å². The van der Waals surface area contributed by atoms with Crippen LogP contribution in [-0.2, 0) is 13.5 Å². The topological polar surface area (TPSA) is 64.1 Å². The molecule has 0 saturated heterocycles. The van der Waals surface area contributed by atoms with Crippen molar-refractivity contribution < 1.29 is 5.11 Å². The number of aliphatic hydroxyl groups is 1. The molecule has 0 aromatic carbocycles. The lowest BCUT2D eigenvalue weighted by Gasteiger charge is -2.28. The maximum Gasteiger partial charge on any atom is 0.0886 e. The van der Waals surface area contributed by atoms with Crippen molar-refractivity contribution >= 4 is 0 Å². The Balaban J connectivity index is 3.04. The summed E-state index contributed by atoms with van der Waals surface area (Å²) in [6, 6.07) is 0. The van der Waals surface area contributed by atoms with Crippen LogP contribution in [0.15, 0.2) is 6.20 Å². The van der Waals surface area contributed by atoms with Crippen molar-refractivity contribution in [1.82, 2.24) is 9.78 Å². The second-order valence-electron chi connectivity index (χ2n) is 4.65. The third-order valence-corrected chi connectivity index (χ3v) is 2.83. The van der Waals surface area contributed by atoms with Gasteiger partial charge in [0.1, 0.15) is 0 Å². The number of hydrogen-bond donors (Lipinski definition) is 2. The van der Waals surface area contributed by atoms with Gasteiger partial charge in [0.25, 0.3) is 0 Å². The number of aryl methyl sites for hydroxylation is 2. The number of aliphatic hydroxyl groups excluding tert-OH is 1. The van der Waals surface area contributed by atoms with E-state index >= 15 is 0 Å². The summed E-state index contributed by atoms with van der Waals surface area (Å²) in [6.07, 6.45) is 2.15. The van der Waals surface area contributed by atoms with E-state index in [-0.39, 0.29) is 5.41 Å². The molecule has 86 valence electrons. The van der Waals surface area contributed by atoms with E-state index in [2.05, 4.69) is 5.10 Å². The molecule has 0 fully saturated rings. The molecule has 3 N–H and O–H groups in total. The first kappa shape index (κ1) is 12.2. The first-order chi connectivity index (χ1) is 6.92. The van der Waals surface area contributed by atoms with Crippen LogP contribution in [-0.4, -0.2) is 21.4 Å². The predicted molar refractivity (Wildman–Crippen MR) is 60.4 cm³/mol. The zero-order valence-corrected chi connectivity index (χ0v) is 9.99. The molecule has 0 aliphatic rings. The van der Waals surface area contributed by atoms with E-state index < -0.39 is 6.10 Å². The zero-order chi connectivity index (χ0) is 11.6. The van der Waals surface area contributed by atoms with E-state index in [1.54, 1.807) is 4.68 Å². The maximum absolute atomic E-state index is 10.2. The summed E-state index contributed by atoms with van der Waals surface area (Å²) in [5, 5.41) is 14.6. The summed E-state index contributed by atoms with van der Waals surface area (Å²) >= 11 is 0. The van der Waals surface area contributed by atoms with Crippen LogP contribution in [0.25, 0.3) is 0 Å². The highest BCUT2D eigenvalue weighted by Gasteiger charge is 2.30. The predicted octanol–water partition coefficient (Wildman–Crippen LogP) is 1.00. The van der Waals surface area contributed by atoms with Gasteiger partial charge in [-0.2, -0.15) is 5.10 Å². The maximum atomic E-state index is 10.2. The van der Waals surface area contributed by atoms with Crippen LogP contribution >= 0.6 is 0 Å². The SMILES string of the molecule is CCc1nn(C)cc1C(O)C(C)(C)CN. The van der Waals surface area contributed by atoms with E-state index in [9.17, 15) is 5.11 Å². The van der Waals surface area contributed by atoms with Crippen molar-refractivity contribution in [1.29, 1.82) is 0 Å². The van der Waals surface area contributed by atoms with Gasteiger partial charge in [-0.1, -0.05) is 20.8 Å². The van der Waals surface area contributed by atoms with Gasteiger partial charge < -0.3 is 10.8 Å². The summed E-state index contributed by atoms with van der Waals surface area (Å²) in [6.45, 7) is 6.41. The van der Waals surface area contributed by atoms with Gasteiger partial charge in [-0.3, -0.25) is 4.68 Å². The Morgan fingerprint density at radius 3 is 2.67 bits per heavy atom. The lowest BCUT2D eigenvalue weighted by Crippen LogP contribution is -2.31. The minimum absolute atomic E-state index is 0.313. The number of nitrogens with zero attached hydrogens (tertiary/aromatic N) is 2. The Morgan fingerprint density at radius 2 is 2.20 bits per heavy atom. The molecular formula is C11H21N3O. The molecule has 1 heterocycles. The molecule has 1 aromatic heterocycles. The Hall–Kier alpha value is -0.870. The van der Waals surface area contributed by atoms with Gasteiger partial charge in [-0.25, -0.2) is 0 Å². The Kier molecular flexibility index (Phi) is 3.52. The number of rotatable bonds is 4. The first-order valence-corrected chi connectivity index (χ1v) is 5.33. The highest BCUT2D eigenvalue weighted by Crippen LogP contribution is 2.33. The molecule has 1 atom stereocenters. The molecule has 0 aliphatic heterocycles. The smallest absolute Gasteiger partial charge is 0.0886 e. The Morgan fingerprint density at radius 1 is 1.60 bits per heavy atom. The standard InChI is InChI=1S/C11H21N3O/c1-5-9-8(6-14(4)13-9)10(15)11(2,3)7-12/h6,10,15H,5,7,12H2,1-4H3. The van der Waals surface area contributed by atoms with Crippen molar-refractivity contribution in [2.45, 2.75) is 33.3 Å². The average molecular weight is 211 g/mol. The largest absolute Gasteiger partial charge is 0.388 e. The fourth-order valence-electron chi connectivity index (χ4n) is 1.59. The molecule has 1 unspecified atom stereocenters. The number of aromatic nitrogens is 2. The molecule has 1 aromatic rings. The summed E-state index contributed by atoms with van der Waals surface area (Å²) in [5.41, 5.74) is 7.19. The normalized spacial score (nSPS) is 14.3. The Bertz CT molecular complexity index is 331. The second-order valence-corrected chi connectivity index (χ2v) is 4.65. The molecule has 0 spiro atoms. The van der Waals surface area contributed by atoms with Gasteiger partial charge in [0.2, 0.25) is 0 Å². The summed E-state index contributed by atoms with van der Waals surface area (Å²) in [5.74, 6) is 0. The lowest BCUT2D eigenvalue weighted by atomic mass is 9.82. The van der Waals surface area contributed by atoms with E-state index in [1.807, 2.05) is 34.0 Å². The van der Waals surface area contributed by atoms with Gasteiger partial charge in [0, 0.05) is 30.8 Å². The monoisotopic (exact) mass is 211 g/mol. The highest BCUT2D eigenvalue weighted by atomic mass is 16.3. The third-order valence-electron chi connectivity index (χ3n) is 2.83. The van der Waals surface area contributed by atoms with Gasteiger partial charge in [0.15, 0.2) is 0 Å². The fraction of sp³-hybridized carbons (Fsp3) is 0.727. The van der Waals surface area contributed by atoms with Crippen LogP contribution in [0.1, 0.15) is 38.1 Å². The summed E-state index contributed by atoms with van der Waals surface area (Å²) in [7, 11) is 1.87. The van der Waals surface area contributed by atoms with Crippen LogP contribution in [0.3, 0.4) is 0 Å². The van der Waals surface area contributed by atoms with Crippen molar-refractivity contribution in [3.05, 3.63) is 17.5 Å². The van der Waals surface area contributed by atoms with Gasteiger partial charge in [-0.05, 0) is 6.42 Å². The molecule has 0 bridgehead atoms. The quantitative estimate of drug-likeness (QED) is 0.781. The van der Waals surface area contributed by atoms with Crippen LogP contribution in [0.2, 0.25) is 0 Å². The van der Waals surface area contributed by atoms with Crippen LogP contribution in [0.4, 0.5) is 0 Å². The molecular weight excluding hydrogens is 190 g/mol. The fourth-order valence-corrected chi connectivity index (χ4v) is 1.59. The molecule has 4 nitrogen and oxygen atoms in total. The van der Waals surface area contributed by atoms with Crippen molar-refractivity contribution in [2.24, 2.45) is 18.2 Å². The van der Waals surface area contributed by atoms with Gasteiger partial charge in [-0.15, -0.1) is 0 Å². The van der Waals surface area contributed by atoms with Crippen LogP contribution in [0, 0.1) is 5.41 Å². The van der Waals surface area contributed by atoms with Gasteiger partial charge >= 0.3 is 0 Å². The molecule has 4 heteroatoms. The molecule has 0 radical (unpaired) electrons. The summed E-state index contributed by atoms with van der Waals surface area (Å²) in [4.78, 5) is 0. The van der Waals surface area contributed by atoms with Gasteiger partial charge in [0.05, 0.1) is 11.8 Å². The summed E-state index contributed by atoms with van der Waals surface area (Å²) < 4.78 is 1.74. The molecule has 0 aliphatic carbocycles. The zero-order valence-electron chi connectivity index (χ0n) is 9.99.